The second-order valence-electron chi connectivity index (χ2n) is 10.4. The monoisotopic (exact) mass is 470 g/mol. The van der Waals surface area contributed by atoms with Crippen LogP contribution in [0, 0.1) is 0 Å². The first-order valence-corrected chi connectivity index (χ1v) is 15.2. The zero-order chi connectivity index (χ0) is 24.2. The first kappa shape index (κ1) is 32.9. The van der Waals surface area contributed by atoms with Crippen LogP contribution in [0.1, 0.15) is 168 Å². The molecule has 0 saturated heterocycles. The van der Waals surface area contributed by atoms with Crippen LogP contribution in [0.15, 0.2) is 0 Å². The molecule has 33 heavy (non-hydrogen) atoms. The predicted molar refractivity (Wildman–Crippen MR) is 145 cm³/mol. The molecule has 0 aliphatic carbocycles. The van der Waals surface area contributed by atoms with Gasteiger partial charge < -0.3 is 14.9 Å². The van der Waals surface area contributed by atoms with Crippen molar-refractivity contribution in [3.63, 3.8) is 0 Å². The van der Waals surface area contributed by atoms with Gasteiger partial charge in [-0.25, -0.2) is 0 Å². The number of aliphatic hydroxyl groups excluding tert-OH is 2. The molecule has 2 atom stereocenters. The lowest BCUT2D eigenvalue weighted by molar-refractivity contribution is -0.0418. The SMILES string of the molecule is CCCCCCCCCCCCCCCCCCOCC(O)C(O)CCCCCCCCC. The molecule has 0 radical (unpaired) electrons. The molecule has 0 fully saturated rings. The summed E-state index contributed by atoms with van der Waals surface area (Å²) < 4.78 is 5.60. The Morgan fingerprint density at radius 1 is 0.424 bits per heavy atom. The summed E-state index contributed by atoms with van der Waals surface area (Å²) >= 11 is 0. The van der Waals surface area contributed by atoms with Crippen molar-refractivity contribution in [1.29, 1.82) is 0 Å². The van der Waals surface area contributed by atoms with Gasteiger partial charge >= 0.3 is 0 Å². The molecule has 0 spiro atoms. The second kappa shape index (κ2) is 28.1. The van der Waals surface area contributed by atoms with Crippen LogP contribution in [0.5, 0.6) is 0 Å². The minimum Gasteiger partial charge on any atom is -0.390 e. The van der Waals surface area contributed by atoms with Crippen molar-refractivity contribution in [2.75, 3.05) is 13.2 Å². The highest BCUT2D eigenvalue weighted by Gasteiger charge is 2.15. The van der Waals surface area contributed by atoms with E-state index in [-0.39, 0.29) is 6.61 Å². The number of ether oxygens (including phenoxy) is 1. The third-order valence-corrected chi connectivity index (χ3v) is 6.98. The van der Waals surface area contributed by atoms with E-state index in [0.717, 1.165) is 19.3 Å². The van der Waals surface area contributed by atoms with E-state index in [1.807, 2.05) is 0 Å². The fraction of sp³-hybridized carbons (Fsp3) is 1.00. The van der Waals surface area contributed by atoms with Gasteiger partial charge in [0.1, 0.15) is 6.10 Å². The van der Waals surface area contributed by atoms with E-state index in [1.54, 1.807) is 0 Å². The van der Waals surface area contributed by atoms with Crippen LogP contribution in [0.4, 0.5) is 0 Å². The van der Waals surface area contributed by atoms with Gasteiger partial charge in [-0.05, 0) is 12.8 Å². The molecule has 0 amide bonds. The first-order chi connectivity index (χ1) is 16.2. The summed E-state index contributed by atoms with van der Waals surface area (Å²) in [6.07, 6.45) is 29.9. The van der Waals surface area contributed by atoms with E-state index < -0.39 is 12.2 Å². The van der Waals surface area contributed by atoms with Gasteiger partial charge in [-0.3, -0.25) is 0 Å². The van der Waals surface area contributed by atoms with Crippen molar-refractivity contribution >= 4 is 0 Å². The maximum absolute atomic E-state index is 10.1. The fourth-order valence-electron chi connectivity index (χ4n) is 4.57. The first-order valence-electron chi connectivity index (χ1n) is 15.2. The lowest BCUT2D eigenvalue weighted by atomic mass is 10.0. The maximum atomic E-state index is 10.1. The molecule has 0 saturated carbocycles. The molecule has 2 N–H and O–H groups in total. The highest BCUT2D eigenvalue weighted by molar-refractivity contribution is 4.66. The van der Waals surface area contributed by atoms with Crippen molar-refractivity contribution in [1.82, 2.24) is 0 Å². The molecule has 2 unspecified atom stereocenters. The van der Waals surface area contributed by atoms with Gasteiger partial charge in [-0.2, -0.15) is 0 Å². The van der Waals surface area contributed by atoms with Gasteiger partial charge in [0, 0.05) is 6.61 Å². The smallest absolute Gasteiger partial charge is 0.103 e. The highest BCUT2D eigenvalue weighted by Crippen LogP contribution is 2.14. The molecule has 0 aromatic carbocycles. The number of hydrogen-bond donors (Lipinski definition) is 2. The van der Waals surface area contributed by atoms with E-state index in [2.05, 4.69) is 13.8 Å². The van der Waals surface area contributed by atoms with Crippen LogP contribution in [-0.4, -0.2) is 35.6 Å². The molecule has 0 bridgehead atoms. The number of unbranched alkanes of at least 4 members (excludes halogenated alkanes) is 21. The zero-order valence-electron chi connectivity index (χ0n) is 22.8. The van der Waals surface area contributed by atoms with Gasteiger partial charge in [0.05, 0.1) is 12.7 Å². The van der Waals surface area contributed by atoms with Crippen LogP contribution < -0.4 is 0 Å². The van der Waals surface area contributed by atoms with Crippen LogP contribution in [0.25, 0.3) is 0 Å². The topological polar surface area (TPSA) is 49.7 Å². The van der Waals surface area contributed by atoms with Gasteiger partial charge in [0.2, 0.25) is 0 Å². The van der Waals surface area contributed by atoms with Crippen LogP contribution >= 0.6 is 0 Å². The van der Waals surface area contributed by atoms with Gasteiger partial charge in [0.15, 0.2) is 0 Å². The lowest BCUT2D eigenvalue weighted by Gasteiger charge is -2.17. The van der Waals surface area contributed by atoms with Gasteiger partial charge in [0.25, 0.3) is 0 Å². The minimum atomic E-state index is -0.730. The fourth-order valence-corrected chi connectivity index (χ4v) is 4.57. The normalized spacial score (nSPS) is 13.5. The molecule has 0 heterocycles. The molecule has 0 aromatic heterocycles. The van der Waals surface area contributed by atoms with Crippen molar-refractivity contribution in [3.05, 3.63) is 0 Å². The molecule has 0 aliphatic heterocycles. The summed E-state index contributed by atoms with van der Waals surface area (Å²) in [5, 5.41) is 20.1. The van der Waals surface area contributed by atoms with E-state index in [4.69, 9.17) is 4.74 Å². The van der Waals surface area contributed by atoms with E-state index in [1.165, 1.54) is 128 Å². The number of rotatable bonds is 28. The molecule has 0 aromatic rings. The maximum Gasteiger partial charge on any atom is 0.103 e. The standard InChI is InChI=1S/C30H62O3/c1-3-5-7-9-11-12-13-14-15-16-17-18-19-21-23-25-27-33-28-30(32)29(31)26-24-22-20-10-8-6-4-2/h29-32H,3-28H2,1-2H3. The van der Waals surface area contributed by atoms with Crippen molar-refractivity contribution in [2.24, 2.45) is 0 Å². The average molecular weight is 471 g/mol. The minimum absolute atomic E-state index is 0.274. The zero-order valence-corrected chi connectivity index (χ0v) is 22.8. The van der Waals surface area contributed by atoms with Crippen LogP contribution in [0.3, 0.4) is 0 Å². The largest absolute Gasteiger partial charge is 0.390 e. The van der Waals surface area contributed by atoms with Crippen molar-refractivity contribution < 1.29 is 14.9 Å². The highest BCUT2D eigenvalue weighted by atomic mass is 16.5. The van der Waals surface area contributed by atoms with Crippen LogP contribution in [-0.2, 0) is 4.74 Å². The summed E-state index contributed by atoms with van der Waals surface area (Å²) in [6.45, 7) is 5.50. The van der Waals surface area contributed by atoms with E-state index >= 15 is 0 Å². The Bertz CT molecular complexity index is 347. The lowest BCUT2D eigenvalue weighted by Crippen LogP contribution is -2.30. The summed E-state index contributed by atoms with van der Waals surface area (Å²) in [5.74, 6) is 0. The number of aliphatic hydroxyl groups is 2. The molecule has 3 heteroatoms. The average Bonchev–Trinajstić information content (AvgIpc) is 2.82. The Balaban J connectivity index is 3.23. The molecule has 0 aliphatic rings. The summed E-state index contributed by atoms with van der Waals surface area (Å²) in [7, 11) is 0. The third-order valence-electron chi connectivity index (χ3n) is 6.98. The van der Waals surface area contributed by atoms with E-state index in [0.29, 0.717) is 13.0 Å². The third kappa shape index (κ3) is 26.3. The molecular weight excluding hydrogens is 408 g/mol. The molecule has 200 valence electrons. The van der Waals surface area contributed by atoms with Crippen LogP contribution in [0.2, 0.25) is 0 Å². The van der Waals surface area contributed by atoms with Crippen molar-refractivity contribution in [2.45, 2.75) is 180 Å². The quantitative estimate of drug-likeness (QED) is 0.112. The predicted octanol–water partition coefficient (Wildman–Crippen LogP) is 9.13. The van der Waals surface area contributed by atoms with Gasteiger partial charge in [-0.1, -0.05) is 155 Å². The second-order valence-corrected chi connectivity index (χ2v) is 10.4. The Kier molecular flexibility index (Phi) is 28.0. The Morgan fingerprint density at radius 3 is 1.15 bits per heavy atom. The Labute approximate surface area is 208 Å². The molecule has 0 rings (SSSR count). The number of hydrogen-bond acceptors (Lipinski definition) is 3. The molecule has 3 nitrogen and oxygen atoms in total. The Morgan fingerprint density at radius 2 is 0.758 bits per heavy atom. The summed E-state index contributed by atoms with van der Waals surface area (Å²) in [6, 6.07) is 0. The van der Waals surface area contributed by atoms with E-state index in [9.17, 15) is 10.2 Å². The summed E-state index contributed by atoms with van der Waals surface area (Å²) in [5.41, 5.74) is 0. The molecular formula is C30H62O3. The Hall–Kier alpha value is -0.120. The van der Waals surface area contributed by atoms with Gasteiger partial charge in [-0.15, -0.1) is 0 Å². The summed E-state index contributed by atoms with van der Waals surface area (Å²) in [4.78, 5) is 0. The van der Waals surface area contributed by atoms with Crippen molar-refractivity contribution in [3.8, 4) is 0 Å².